The number of benzene rings is 1. The van der Waals surface area contributed by atoms with E-state index in [9.17, 15) is 4.79 Å². The Morgan fingerprint density at radius 1 is 1.25 bits per heavy atom. The number of H-pyrrole nitrogens is 1. The van der Waals surface area contributed by atoms with E-state index >= 15 is 0 Å². The van der Waals surface area contributed by atoms with E-state index in [-0.39, 0.29) is 5.54 Å². The van der Waals surface area contributed by atoms with Crippen molar-refractivity contribution in [2.45, 2.75) is 39.7 Å². The van der Waals surface area contributed by atoms with Gasteiger partial charge in [0.25, 0.3) is 0 Å². The van der Waals surface area contributed by atoms with Crippen LogP contribution in [0.15, 0.2) is 36.9 Å². The third kappa shape index (κ3) is 4.06. The van der Waals surface area contributed by atoms with Crippen LogP contribution in [-0.4, -0.2) is 33.4 Å². The number of carbonyl (C=O) groups excluding carboxylic acids is 1. The highest BCUT2D eigenvalue weighted by molar-refractivity contribution is 5.91. The maximum Gasteiger partial charge on any atom is 0.207 e. The fourth-order valence-corrected chi connectivity index (χ4v) is 3.12. The van der Waals surface area contributed by atoms with Crippen molar-refractivity contribution in [3.63, 3.8) is 0 Å². The molecule has 2 heterocycles. The second-order valence-corrected chi connectivity index (χ2v) is 7.55. The van der Waals surface area contributed by atoms with Crippen molar-refractivity contribution in [1.29, 1.82) is 0 Å². The van der Waals surface area contributed by atoms with Gasteiger partial charge >= 0.3 is 0 Å². The third-order valence-electron chi connectivity index (χ3n) is 4.84. The first-order chi connectivity index (χ1) is 13.3. The molecule has 0 saturated heterocycles. The van der Waals surface area contributed by atoms with Gasteiger partial charge in [-0.2, -0.15) is 0 Å². The summed E-state index contributed by atoms with van der Waals surface area (Å²) in [5.74, 6) is 0.753. The molecule has 0 fully saturated rings. The molecule has 0 aliphatic heterocycles. The molecule has 0 bridgehead atoms. The van der Waals surface area contributed by atoms with Crippen molar-refractivity contribution < 1.29 is 4.79 Å². The molecule has 0 aliphatic carbocycles. The molecule has 0 saturated carbocycles. The molecule has 3 N–H and O–H groups in total. The van der Waals surface area contributed by atoms with Crippen LogP contribution >= 0.6 is 0 Å². The van der Waals surface area contributed by atoms with Crippen LogP contribution < -0.4 is 10.6 Å². The Balaban J connectivity index is 2.05. The van der Waals surface area contributed by atoms with Crippen LogP contribution in [0.4, 0.5) is 5.82 Å². The molecule has 146 valence electrons. The minimum Gasteiger partial charge on any atom is -0.360 e. The van der Waals surface area contributed by atoms with E-state index in [2.05, 4.69) is 35.2 Å². The molecule has 1 aromatic carbocycles. The standard InChI is InChI=1S/C22H27N5O/c1-6-22(4,5)27-21-15(3)24-18-9-7-8-16(20(18)26-21)19-12-14(2)17(25-19)10-11-23-13-28/h6-9,12-13,25H,1,10-11H2,2-5H3,(H,23,28)(H,26,27). The first-order valence-corrected chi connectivity index (χ1v) is 9.39. The molecule has 0 unspecified atom stereocenters. The van der Waals surface area contributed by atoms with Crippen LogP contribution in [0, 0.1) is 13.8 Å². The zero-order valence-corrected chi connectivity index (χ0v) is 16.9. The summed E-state index contributed by atoms with van der Waals surface area (Å²) >= 11 is 0. The number of rotatable bonds is 8. The Kier molecular flexibility index (Phi) is 5.49. The monoisotopic (exact) mass is 377 g/mol. The second-order valence-electron chi connectivity index (χ2n) is 7.55. The van der Waals surface area contributed by atoms with Gasteiger partial charge in [-0.05, 0) is 45.4 Å². The van der Waals surface area contributed by atoms with Crippen molar-refractivity contribution in [3.05, 3.63) is 53.9 Å². The first kappa shape index (κ1) is 19.6. The number of carbonyl (C=O) groups is 1. The molecule has 2 aromatic heterocycles. The Labute approximate surface area is 165 Å². The van der Waals surface area contributed by atoms with E-state index in [0.717, 1.165) is 57.9 Å². The first-order valence-electron chi connectivity index (χ1n) is 9.39. The van der Waals surface area contributed by atoms with Crippen LogP contribution in [0.25, 0.3) is 22.3 Å². The average molecular weight is 377 g/mol. The number of amides is 1. The number of aryl methyl sites for hydroxylation is 2. The van der Waals surface area contributed by atoms with E-state index < -0.39 is 0 Å². The number of fused-ring (bicyclic) bond motifs is 1. The summed E-state index contributed by atoms with van der Waals surface area (Å²) in [6.07, 6.45) is 3.33. The van der Waals surface area contributed by atoms with Crippen LogP contribution in [0.1, 0.15) is 30.8 Å². The third-order valence-corrected chi connectivity index (χ3v) is 4.84. The fourth-order valence-electron chi connectivity index (χ4n) is 3.12. The zero-order valence-electron chi connectivity index (χ0n) is 16.9. The molecule has 6 heteroatoms. The smallest absolute Gasteiger partial charge is 0.207 e. The quantitative estimate of drug-likeness (QED) is 0.316. The fraction of sp³-hybridized carbons (Fsp3) is 0.318. The van der Waals surface area contributed by atoms with Gasteiger partial charge in [-0.1, -0.05) is 18.2 Å². The van der Waals surface area contributed by atoms with Crippen molar-refractivity contribution in [2.75, 3.05) is 11.9 Å². The predicted octanol–water partition coefficient (Wildman–Crippen LogP) is 3.91. The highest BCUT2D eigenvalue weighted by atomic mass is 16.1. The maximum atomic E-state index is 10.5. The van der Waals surface area contributed by atoms with Crippen LogP contribution in [0.3, 0.4) is 0 Å². The molecule has 0 radical (unpaired) electrons. The normalized spacial score (nSPS) is 11.4. The summed E-state index contributed by atoms with van der Waals surface area (Å²) < 4.78 is 0. The molecule has 0 spiro atoms. The largest absolute Gasteiger partial charge is 0.360 e. The summed E-state index contributed by atoms with van der Waals surface area (Å²) in [4.78, 5) is 23.6. The highest BCUT2D eigenvalue weighted by Gasteiger charge is 2.17. The molecule has 1 amide bonds. The van der Waals surface area contributed by atoms with Gasteiger partial charge in [0.05, 0.1) is 16.7 Å². The van der Waals surface area contributed by atoms with E-state index in [1.54, 1.807) is 0 Å². The van der Waals surface area contributed by atoms with Gasteiger partial charge < -0.3 is 15.6 Å². The van der Waals surface area contributed by atoms with Crippen LogP contribution in [0.5, 0.6) is 0 Å². The molecule has 3 aromatic rings. The Morgan fingerprint density at radius 3 is 2.75 bits per heavy atom. The number of nitrogens with zero attached hydrogens (tertiary/aromatic N) is 2. The average Bonchev–Trinajstić information content (AvgIpc) is 3.02. The highest BCUT2D eigenvalue weighted by Crippen LogP contribution is 2.30. The lowest BCUT2D eigenvalue weighted by atomic mass is 10.1. The molecule has 0 aliphatic rings. The number of hydrogen-bond acceptors (Lipinski definition) is 4. The van der Waals surface area contributed by atoms with Crippen LogP contribution in [-0.2, 0) is 11.2 Å². The van der Waals surface area contributed by atoms with Gasteiger partial charge in [-0.3, -0.25) is 4.79 Å². The van der Waals surface area contributed by atoms with E-state index in [1.807, 2.05) is 45.0 Å². The molecule has 0 atom stereocenters. The van der Waals surface area contributed by atoms with Gasteiger partial charge in [0.2, 0.25) is 6.41 Å². The molecule has 6 nitrogen and oxygen atoms in total. The van der Waals surface area contributed by atoms with Gasteiger partial charge in [0, 0.05) is 29.9 Å². The summed E-state index contributed by atoms with van der Waals surface area (Å²) in [5, 5.41) is 6.12. The predicted molar refractivity (Wildman–Crippen MR) is 114 cm³/mol. The lowest BCUT2D eigenvalue weighted by Crippen LogP contribution is -2.28. The summed E-state index contributed by atoms with van der Waals surface area (Å²) in [6.45, 7) is 12.6. The van der Waals surface area contributed by atoms with Crippen molar-refractivity contribution in [2.24, 2.45) is 0 Å². The number of anilines is 1. The molecular weight excluding hydrogens is 350 g/mol. The second kappa shape index (κ2) is 7.84. The SMILES string of the molecule is C=CC(C)(C)Nc1nc2c(-c3cc(C)c(CCNC=O)[nH]3)cccc2nc1C. The van der Waals surface area contributed by atoms with E-state index in [4.69, 9.17) is 9.97 Å². The van der Waals surface area contributed by atoms with Crippen molar-refractivity contribution in [1.82, 2.24) is 20.3 Å². The zero-order chi connectivity index (χ0) is 20.3. The summed E-state index contributed by atoms with van der Waals surface area (Å²) in [5.41, 5.74) is 6.52. The van der Waals surface area contributed by atoms with Gasteiger partial charge in [-0.25, -0.2) is 9.97 Å². The van der Waals surface area contributed by atoms with Gasteiger partial charge in [-0.15, -0.1) is 6.58 Å². The van der Waals surface area contributed by atoms with Crippen molar-refractivity contribution in [3.8, 4) is 11.3 Å². The number of aromatic nitrogens is 3. The molecule has 3 rings (SSSR count). The lowest BCUT2D eigenvalue weighted by Gasteiger charge is -2.23. The minimum absolute atomic E-state index is 0.288. The number of hydrogen-bond donors (Lipinski definition) is 3. The number of para-hydroxylation sites is 1. The van der Waals surface area contributed by atoms with Gasteiger partial charge in [0.1, 0.15) is 11.3 Å². The maximum absolute atomic E-state index is 10.5. The topological polar surface area (TPSA) is 82.7 Å². The summed E-state index contributed by atoms with van der Waals surface area (Å²) in [7, 11) is 0. The van der Waals surface area contributed by atoms with E-state index in [0.29, 0.717) is 6.54 Å². The van der Waals surface area contributed by atoms with E-state index in [1.165, 1.54) is 0 Å². The Hall–Kier alpha value is -3.15. The molecule has 28 heavy (non-hydrogen) atoms. The van der Waals surface area contributed by atoms with Gasteiger partial charge in [0.15, 0.2) is 0 Å². The van der Waals surface area contributed by atoms with Crippen molar-refractivity contribution >= 4 is 23.3 Å². The summed E-state index contributed by atoms with van der Waals surface area (Å²) in [6, 6.07) is 8.14. The Morgan fingerprint density at radius 2 is 2.04 bits per heavy atom. The number of nitrogens with one attached hydrogen (secondary N) is 3. The van der Waals surface area contributed by atoms with Crippen LogP contribution in [0.2, 0.25) is 0 Å². The minimum atomic E-state index is -0.288. The lowest BCUT2D eigenvalue weighted by molar-refractivity contribution is -0.109. The number of aromatic amines is 1. The molecular formula is C22H27N5O. The Bertz CT molecular complexity index is 1020.